The molecule has 86 valence electrons. The van der Waals surface area contributed by atoms with Crippen LogP contribution in [-0.4, -0.2) is 28.9 Å². The van der Waals surface area contributed by atoms with Crippen molar-refractivity contribution in [3.63, 3.8) is 0 Å². The van der Waals surface area contributed by atoms with Gasteiger partial charge >= 0.3 is 0 Å². The van der Waals surface area contributed by atoms with Gasteiger partial charge in [0.05, 0.1) is 6.10 Å². The summed E-state index contributed by atoms with van der Waals surface area (Å²) >= 11 is 5.19. The zero-order valence-corrected chi connectivity index (χ0v) is 10.0. The molecule has 2 aliphatic carbocycles. The number of aliphatic hydroxyl groups excluding tert-OH is 1. The van der Waals surface area contributed by atoms with Crippen LogP contribution >= 0.6 is 12.2 Å². The van der Waals surface area contributed by atoms with Crippen LogP contribution in [0.5, 0.6) is 0 Å². The van der Waals surface area contributed by atoms with E-state index in [0.717, 1.165) is 11.8 Å². The Morgan fingerprint density at radius 1 is 1.47 bits per heavy atom. The van der Waals surface area contributed by atoms with E-state index in [1.807, 2.05) is 0 Å². The van der Waals surface area contributed by atoms with Gasteiger partial charge in [0, 0.05) is 12.6 Å². The SMILES string of the molecule is C[C@@H](O)CNC(=S)N[C@H]1C[C@@H]2CC[C@@H]1C2. The summed E-state index contributed by atoms with van der Waals surface area (Å²) in [4.78, 5) is 0. The van der Waals surface area contributed by atoms with E-state index < -0.39 is 0 Å². The van der Waals surface area contributed by atoms with Gasteiger partial charge in [-0.2, -0.15) is 0 Å². The predicted molar refractivity (Wildman–Crippen MR) is 64.7 cm³/mol. The van der Waals surface area contributed by atoms with E-state index in [0.29, 0.717) is 17.7 Å². The lowest BCUT2D eigenvalue weighted by Crippen LogP contribution is -2.45. The standard InChI is InChI=1S/C11H20N2OS/c1-7(14)6-12-11(15)13-10-5-8-2-3-9(10)4-8/h7-10,14H,2-6H2,1H3,(H2,12,13,15)/t7-,8-,9-,10+/m1/s1. The van der Waals surface area contributed by atoms with E-state index >= 15 is 0 Å². The van der Waals surface area contributed by atoms with Crippen molar-refractivity contribution < 1.29 is 5.11 Å². The lowest BCUT2D eigenvalue weighted by Gasteiger charge is -2.24. The van der Waals surface area contributed by atoms with Crippen molar-refractivity contribution in [3.8, 4) is 0 Å². The molecule has 0 aromatic carbocycles. The minimum Gasteiger partial charge on any atom is -0.392 e. The Morgan fingerprint density at radius 3 is 2.80 bits per heavy atom. The minimum absolute atomic E-state index is 0.343. The second kappa shape index (κ2) is 4.66. The number of thiocarbonyl (C=S) groups is 1. The van der Waals surface area contributed by atoms with Gasteiger partial charge in [-0.3, -0.25) is 0 Å². The third-order valence-corrected chi connectivity index (χ3v) is 3.87. The van der Waals surface area contributed by atoms with Crippen LogP contribution in [0.15, 0.2) is 0 Å². The topological polar surface area (TPSA) is 44.3 Å². The molecule has 15 heavy (non-hydrogen) atoms. The van der Waals surface area contributed by atoms with E-state index in [2.05, 4.69) is 10.6 Å². The van der Waals surface area contributed by atoms with Crippen molar-refractivity contribution in [2.45, 2.75) is 44.8 Å². The van der Waals surface area contributed by atoms with E-state index in [9.17, 15) is 0 Å². The fraction of sp³-hybridized carbons (Fsp3) is 0.909. The van der Waals surface area contributed by atoms with Gasteiger partial charge in [0.1, 0.15) is 0 Å². The normalized spacial score (nSPS) is 35.2. The zero-order valence-electron chi connectivity index (χ0n) is 9.20. The molecular weight excluding hydrogens is 208 g/mol. The molecule has 0 aromatic heterocycles. The van der Waals surface area contributed by atoms with Gasteiger partial charge in [0.15, 0.2) is 5.11 Å². The van der Waals surface area contributed by atoms with Crippen molar-refractivity contribution >= 4 is 17.3 Å². The highest BCUT2D eigenvalue weighted by Crippen LogP contribution is 2.44. The van der Waals surface area contributed by atoms with Gasteiger partial charge < -0.3 is 15.7 Å². The molecule has 4 heteroatoms. The summed E-state index contributed by atoms with van der Waals surface area (Å²) in [6.07, 6.45) is 5.10. The molecule has 3 N–H and O–H groups in total. The van der Waals surface area contributed by atoms with Gasteiger partial charge in [-0.05, 0) is 50.2 Å². The second-order valence-corrected chi connectivity index (χ2v) is 5.39. The first-order chi connectivity index (χ1) is 7.15. The van der Waals surface area contributed by atoms with E-state index in [1.165, 1.54) is 25.7 Å². The number of fused-ring (bicyclic) bond motifs is 2. The van der Waals surface area contributed by atoms with E-state index in [4.69, 9.17) is 17.3 Å². The molecule has 2 rings (SSSR count). The Morgan fingerprint density at radius 2 is 2.27 bits per heavy atom. The predicted octanol–water partition coefficient (Wildman–Crippen LogP) is 1.02. The number of rotatable bonds is 3. The first-order valence-electron chi connectivity index (χ1n) is 5.87. The van der Waals surface area contributed by atoms with Crippen LogP contribution in [0.1, 0.15) is 32.6 Å². The first-order valence-corrected chi connectivity index (χ1v) is 6.28. The van der Waals surface area contributed by atoms with E-state index in [-0.39, 0.29) is 6.10 Å². The van der Waals surface area contributed by atoms with Crippen LogP contribution in [-0.2, 0) is 0 Å². The summed E-state index contributed by atoms with van der Waals surface area (Å²) in [5.74, 6) is 1.77. The third-order valence-electron chi connectivity index (χ3n) is 3.61. The lowest BCUT2D eigenvalue weighted by atomic mass is 9.96. The molecular formula is C11H20N2OS. The maximum absolute atomic E-state index is 9.12. The maximum atomic E-state index is 9.12. The molecule has 2 saturated carbocycles. The van der Waals surface area contributed by atoms with Gasteiger partial charge in [-0.25, -0.2) is 0 Å². The van der Waals surface area contributed by atoms with Gasteiger partial charge in [-0.15, -0.1) is 0 Å². The Bertz CT molecular complexity index is 245. The highest BCUT2D eigenvalue weighted by atomic mass is 32.1. The van der Waals surface area contributed by atoms with Crippen LogP contribution in [0.2, 0.25) is 0 Å². The second-order valence-electron chi connectivity index (χ2n) is 4.98. The lowest BCUT2D eigenvalue weighted by molar-refractivity contribution is 0.197. The molecule has 0 heterocycles. The largest absolute Gasteiger partial charge is 0.392 e. The van der Waals surface area contributed by atoms with Crippen LogP contribution in [0.3, 0.4) is 0 Å². The van der Waals surface area contributed by atoms with Gasteiger partial charge in [0.2, 0.25) is 0 Å². The molecule has 3 nitrogen and oxygen atoms in total. The molecule has 0 saturated heterocycles. The summed E-state index contributed by atoms with van der Waals surface area (Å²) in [7, 11) is 0. The monoisotopic (exact) mass is 228 g/mol. The Balaban J connectivity index is 1.71. The molecule has 0 aromatic rings. The molecule has 2 fully saturated rings. The van der Waals surface area contributed by atoms with Crippen molar-refractivity contribution in [1.29, 1.82) is 0 Å². The highest BCUT2D eigenvalue weighted by molar-refractivity contribution is 7.80. The molecule has 0 amide bonds. The summed E-state index contributed by atoms with van der Waals surface area (Å²) < 4.78 is 0. The minimum atomic E-state index is -0.343. The number of nitrogens with one attached hydrogen (secondary N) is 2. The summed E-state index contributed by atoms with van der Waals surface area (Å²) in [6.45, 7) is 2.29. The molecule has 2 aliphatic rings. The summed E-state index contributed by atoms with van der Waals surface area (Å²) in [6, 6.07) is 0.581. The molecule has 4 atom stereocenters. The fourth-order valence-electron chi connectivity index (χ4n) is 2.88. The average molecular weight is 228 g/mol. The molecule has 2 bridgehead atoms. The van der Waals surface area contributed by atoms with Crippen LogP contribution in [0.25, 0.3) is 0 Å². The van der Waals surface area contributed by atoms with Gasteiger partial charge in [0.25, 0.3) is 0 Å². The van der Waals surface area contributed by atoms with Crippen LogP contribution in [0, 0.1) is 11.8 Å². The molecule has 0 radical (unpaired) electrons. The number of hydrogen-bond donors (Lipinski definition) is 3. The van der Waals surface area contributed by atoms with Crippen molar-refractivity contribution in [2.75, 3.05) is 6.54 Å². The fourth-order valence-corrected chi connectivity index (χ4v) is 3.12. The Labute approximate surface area is 96.6 Å². The highest BCUT2D eigenvalue weighted by Gasteiger charge is 2.39. The van der Waals surface area contributed by atoms with Crippen LogP contribution < -0.4 is 10.6 Å². The third kappa shape index (κ3) is 2.82. The summed E-state index contributed by atoms with van der Waals surface area (Å²) in [5, 5.41) is 16.2. The zero-order chi connectivity index (χ0) is 10.8. The van der Waals surface area contributed by atoms with Crippen molar-refractivity contribution in [2.24, 2.45) is 11.8 Å². The average Bonchev–Trinajstić information content (AvgIpc) is 2.76. The van der Waals surface area contributed by atoms with Gasteiger partial charge in [-0.1, -0.05) is 6.42 Å². The molecule has 0 spiro atoms. The number of aliphatic hydroxyl groups is 1. The Hall–Kier alpha value is -0.350. The molecule has 0 aliphatic heterocycles. The van der Waals surface area contributed by atoms with E-state index in [1.54, 1.807) is 6.92 Å². The molecule has 0 unspecified atom stereocenters. The smallest absolute Gasteiger partial charge is 0.166 e. The quantitative estimate of drug-likeness (QED) is 0.631. The summed E-state index contributed by atoms with van der Waals surface area (Å²) in [5.41, 5.74) is 0. The Kier molecular flexibility index (Phi) is 3.46. The maximum Gasteiger partial charge on any atom is 0.166 e. The van der Waals surface area contributed by atoms with Crippen molar-refractivity contribution in [1.82, 2.24) is 10.6 Å². The van der Waals surface area contributed by atoms with Crippen molar-refractivity contribution in [3.05, 3.63) is 0 Å². The first kappa shape index (κ1) is 11.1. The van der Waals surface area contributed by atoms with Crippen LogP contribution in [0.4, 0.5) is 0 Å². The number of hydrogen-bond acceptors (Lipinski definition) is 2.